The van der Waals surface area contributed by atoms with Gasteiger partial charge in [-0.3, -0.25) is 15.0 Å². The van der Waals surface area contributed by atoms with Crippen molar-refractivity contribution in [2.45, 2.75) is 19.6 Å². The van der Waals surface area contributed by atoms with Crippen LogP contribution in [0.25, 0.3) is 0 Å². The van der Waals surface area contributed by atoms with Gasteiger partial charge in [0.25, 0.3) is 5.91 Å². The number of aromatic nitrogens is 2. The van der Waals surface area contributed by atoms with Crippen LogP contribution in [0.3, 0.4) is 0 Å². The Morgan fingerprint density at radius 1 is 1.09 bits per heavy atom. The molecule has 0 atom stereocenters. The lowest BCUT2D eigenvalue weighted by atomic mass is 10.1. The molecule has 3 rings (SSSR count). The SMILES string of the molecule is CCNC(=O)Nc1cc(CN2CCN(c3ccc(C(=O)NC)nc3)CC2)c(C(F)(F)F)cn1. The monoisotopic (exact) mass is 465 g/mol. The van der Waals surface area contributed by atoms with E-state index in [0.29, 0.717) is 38.4 Å². The van der Waals surface area contributed by atoms with Crippen molar-refractivity contribution < 1.29 is 22.8 Å². The van der Waals surface area contributed by atoms with E-state index in [-0.39, 0.29) is 23.8 Å². The van der Waals surface area contributed by atoms with Gasteiger partial charge in [-0.05, 0) is 30.7 Å². The van der Waals surface area contributed by atoms with Gasteiger partial charge in [0, 0.05) is 52.5 Å². The lowest BCUT2D eigenvalue weighted by molar-refractivity contribution is -0.138. The molecule has 3 amide bonds. The number of hydrogen-bond acceptors (Lipinski definition) is 6. The van der Waals surface area contributed by atoms with Crippen LogP contribution in [0.1, 0.15) is 28.5 Å². The molecule has 12 heteroatoms. The number of halogens is 3. The number of alkyl halides is 3. The Balaban J connectivity index is 1.67. The maximum Gasteiger partial charge on any atom is 0.418 e. The number of carbonyl (C=O) groups is 2. The number of urea groups is 1. The average molecular weight is 465 g/mol. The summed E-state index contributed by atoms with van der Waals surface area (Å²) in [6.45, 7) is 4.45. The van der Waals surface area contributed by atoms with E-state index in [2.05, 4.69) is 30.8 Å². The van der Waals surface area contributed by atoms with Gasteiger partial charge in [-0.25, -0.2) is 14.8 Å². The van der Waals surface area contributed by atoms with Gasteiger partial charge >= 0.3 is 12.2 Å². The summed E-state index contributed by atoms with van der Waals surface area (Å²) in [4.78, 5) is 35.2. The number of piperazine rings is 1. The molecule has 0 bridgehead atoms. The van der Waals surface area contributed by atoms with Crippen LogP contribution in [0.15, 0.2) is 30.6 Å². The standard InChI is InChI=1S/C21H26F3N7O2/c1-3-26-20(33)29-18-10-14(16(12-28-18)21(22,23)24)13-30-6-8-31(9-7-30)15-4-5-17(27-11-15)19(32)25-2/h4-5,10-12H,3,6-9,13H2,1-2H3,(H,25,32)(H2,26,28,29,33). The molecule has 1 saturated heterocycles. The smallest absolute Gasteiger partial charge is 0.368 e. The first kappa shape index (κ1) is 24.2. The number of amides is 3. The van der Waals surface area contributed by atoms with E-state index >= 15 is 0 Å². The third kappa shape index (κ3) is 6.31. The second-order valence-electron chi connectivity index (χ2n) is 7.45. The zero-order valence-electron chi connectivity index (χ0n) is 18.4. The highest BCUT2D eigenvalue weighted by Gasteiger charge is 2.34. The highest BCUT2D eigenvalue weighted by molar-refractivity contribution is 5.92. The maximum atomic E-state index is 13.5. The second-order valence-corrected chi connectivity index (χ2v) is 7.45. The molecule has 3 N–H and O–H groups in total. The van der Waals surface area contributed by atoms with E-state index in [1.807, 2.05) is 4.90 Å². The van der Waals surface area contributed by atoms with Crippen LogP contribution in [0, 0.1) is 0 Å². The number of nitrogens with zero attached hydrogens (tertiary/aromatic N) is 4. The normalized spacial score (nSPS) is 14.6. The molecule has 2 aromatic rings. The van der Waals surface area contributed by atoms with Crippen LogP contribution in [0.2, 0.25) is 0 Å². The number of nitrogens with one attached hydrogen (secondary N) is 3. The van der Waals surface area contributed by atoms with Crippen molar-refractivity contribution in [2.24, 2.45) is 0 Å². The van der Waals surface area contributed by atoms with E-state index in [4.69, 9.17) is 0 Å². The molecule has 0 aliphatic carbocycles. The summed E-state index contributed by atoms with van der Waals surface area (Å²) in [6.07, 6.45) is -2.18. The summed E-state index contributed by atoms with van der Waals surface area (Å²) in [5.41, 5.74) is 0.389. The Bertz CT molecular complexity index is 975. The Hall–Kier alpha value is -3.41. The highest BCUT2D eigenvalue weighted by atomic mass is 19.4. The maximum absolute atomic E-state index is 13.5. The molecule has 33 heavy (non-hydrogen) atoms. The van der Waals surface area contributed by atoms with Gasteiger partial charge in [-0.15, -0.1) is 0 Å². The molecule has 0 saturated carbocycles. The molecule has 0 spiro atoms. The topological polar surface area (TPSA) is 102 Å². The number of rotatable bonds is 6. The summed E-state index contributed by atoms with van der Waals surface area (Å²) in [5.74, 6) is -0.213. The summed E-state index contributed by atoms with van der Waals surface area (Å²) in [5, 5.41) is 7.48. The van der Waals surface area contributed by atoms with E-state index < -0.39 is 17.8 Å². The number of anilines is 2. The molecule has 1 fully saturated rings. The van der Waals surface area contributed by atoms with E-state index in [1.165, 1.54) is 13.1 Å². The average Bonchev–Trinajstić information content (AvgIpc) is 2.79. The summed E-state index contributed by atoms with van der Waals surface area (Å²) in [6, 6.07) is 4.18. The first-order chi connectivity index (χ1) is 15.7. The van der Waals surface area contributed by atoms with E-state index in [1.54, 1.807) is 25.3 Å². The highest BCUT2D eigenvalue weighted by Crippen LogP contribution is 2.33. The lowest BCUT2D eigenvalue weighted by Crippen LogP contribution is -2.46. The molecule has 2 aromatic heterocycles. The van der Waals surface area contributed by atoms with Crippen LogP contribution in [-0.2, 0) is 12.7 Å². The van der Waals surface area contributed by atoms with Gasteiger partial charge in [0.2, 0.25) is 0 Å². The second kappa shape index (κ2) is 10.5. The third-order valence-corrected chi connectivity index (χ3v) is 5.21. The first-order valence-electron chi connectivity index (χ1n) is 10.5. The fourth-order valence-corrected chi connectivity index (χ4v) is 3.51. The number of carbonyl (C=O) groups excluding carboxylic acids is 2. The molecular formula is C21H26F3N7O2. The Labute approximate surface area is 189 Å². The van der Waals surface area contributed by atoms with Crippen molar-refractivity contribution in [2.75, 3.05) is 50.0 Å². The van der Waals surface area contributed by atoms with Crippen molar-refractivity contribution in [3.8, 4) is 0 Å². The Morgan fingerprint density at radius 2 is 1.82 bits per heavy atom. The third-order valence-electron chi connectivity index (χ3n) is 5.21. The zero-order chi connectivity index (χ0) is 24.0. The van der Waals surface area contributed by atoms with Gasteiger partial charge in [-0.2, -0.15) is 13.2 Å². The molecule has 0 radical (unpaired) electrons. The lowest BCUT2D eigenvalue weighted by Gasteiger charge is -2.36. The van der Waals surface area contributed by atoms with Crippen LogP contribution in [0.5, 0.6) is 0 Å². The first-order valence-corrected chi connectivity index (χ1v) is 10.5. The minimum atomic E-state index is -4.55. The summed E-state index contributed by atoms with van der Waals surface area (Å²) < 4.78 is 40.5. The van der Waals surface area contributed by atoms with Gasteiger partial charge in [0.15, 0.2) is 0 Å². The Kier molecular flexibility index (Phi) is 7.69. The predicted molar refractivity (Wildman–Crippen MR) is 117 cm³/mol. The molecule has 1 aliphatic heterocycles. The number of hydrogen-bond donors (Lipinski definition) is 3. The van der Waals surface area contributed by atoms with E-state index in [9.17, 15) is 22.8 Å². The largest absolute Gasteiger partial charge is 0.418 e. The van der Waals surface area contributed by atoms with Crippen LogP contribution < -0.4 is 20.9 Å². The molecule has 0 unspecified atom stereocenters. The quantitative estimate of drug-likeness (QED) is 0.605. The van der Waals surface area contributed by atoms with Gasteiger partial charge in [-0.1, -0.05) is 0 Å². The molecule has 3 heterocycles. The molecular weight excluding hydrogens is 439 g/mol. The van der Waals surface area contributed by atoms with Crippen LogP contribution >= 0.6 is 0 Å². The van der Waals surface area contributed by atoms with Crippen molar-refractivity contribution in [3.63, 3.8) is 0 Å². The van der Waals surface area contributed by atoms with Crippen molar-refractivity contribution >= 4 is 23.4 Å². The van der Waals surface area contributed by atoms with Gasteiger partial charge in [0.1, 0.15) is 11.5 Å². The summed E-state index contributed by atoms with van der Waals surface area (Å²) in [7, 11) is 1.53. The minimum absolute atomic E-state index is 0.0503. The van der Waals surface area contributed by atoms with Crippen molar-refractivity contribution in [1.29, 1.82) is 0 Å². The molecule has 0 aromatic carbocycles. The number of pyridine rings is 2. The zero-order valence-corrected chi connectivity index (χ0v) is 18.4. The van der Waals surface area contributed by atoms with Crippen molar-refractivity contribution in [3.05, 3.63) is 47.4 Å². The van der Waals surface area contributed by atoms with Gasteiger partial charge < -0.3 is 15.5 Å². The van der Waals surface area contributed by atoms with Crippen LogP contribution in [-0.4, -0.2) is 66.6 Å². The summed E-state index contributed by atoms with van der Waals surface area (Å²) >= 11 is 0. The minimum Gasteiger partial charge on any atom is -0.368 e. The fraction of sp³-hybridized carbons (Fsp3) is 0.429. The predicted octanol–water partition coefficient (Wildman–Crippen LogP) is 2.32. The molecule has 1 aliphatic rings. The molecule has 178 valence electrons. The Morgan fingerprint density at radius 3 is 2.39 bits per heavy atom. The van der Waals surface area contributed by atoms with Crippen LogP contribution in [0.4, 0.5) is 29.5 Å². The van der Waals surface area contributed by atoms with Crippen molar-refractivity contribution in [1.82, 2.24) is 25.5 Å². The van der Waals surface area contributed by atoms with E-state index in [0.717, 1.165) is 11.9 Å². The molecule has 9 nitrogen and oxygen atoms in total. The van der Waals surface area contributed by atoms with Gasteiger partial charge in [0.05, 0.1) is 17.4 Å². The fourth-order valence-electron chi connectivity index (χ4n) is 3.51.